The number of benzene rings is 2. The molecule has 7 nitrogen and oxygen atoms in total. The minimum Gasteiger partial charge on any atom is -0.329 e. The highest BCUT2D eigenvalue weighted by molar-refractivity contribution is 5.95. The number of hydrogen-bond acceptors (Lipinski definition) is 4. The summed E-state index contributed by atoms with van der Waals surface area (Å²) in [5, 5.41) is 15.6. The molecule has 0 spiro atoms. The van der Waals surface area contributed by atoms with E-state index in [1.165, 1.54) is 5.56 Å². The zero-order valence-electron chi connectivity index (χ0n) is 16.7. The van der Waals surface area contributed by atoms with Crippen LogP contribution >= 0.6 is 0 Å². The number of nitrogens with zero attached hydrogens (tertiary/aromatic N) is 5. The van der Waals surface area contributed by atoms with E-state index >= 15 is 0 Å². The molecule has 1 atom stereocenters. The van der Waals surface area contributed by atoms with Crippen LogP contribution in [-0.2, 0) is 13.0 Å². The summed E-state index contributed by atoms with van der Waals surface area (Å²) in [5.74, 6) is 1.78. The molecule has 1 amide bonds. The first-order chi connectivity index (χ1) is 14.7. The number of carbonyl (C=O) groups is 1. The van der Waals surface area contributed by atoms with Crippen LogP contribution in [0.3, 0.4) is 0 Å². The molecule has 1 N–H and O–H groups in total. The lowest BCUT2D eigenvalue weighted by Crippen LogP contribution is -2.40. The van der Waals surface area contributed by atoms with Gasteiger partial charge in [-0.2, -0.15) is 5.10 Å². The molecule has 0 radical (unpaired) electrons. The van der Waals surface area contributed by atoms with E-state index in [9.17, 15) is 4.79 Å². The summed E-state index contributed by atoms with van der Waals surface area (Å²) in [5.41, 5.74) is 3.79. The third kappa shape index (κ3) is 3.39. The number of fused-ring (bicyclic) bond motifs is 1. The third-order valence-corrected chi connectivity index (χ3v) is 5.53. The number of hydrogen-bond donors (Lipinski definition) is 1. The molecule has 0 aliphatic carbocycles. The Balaban J connectivity index is 1.38. The molecule has 1 aliphatic rings. The number of H-pyrrole nitrogens is 1. The molecular weight excluding hydrogens is 376 g/mol. The number of rotatable bonds is 4. The highest BCUT2D eigenvalue weighted by atomic mass is 16.2. The van der Waals surface area contributed by atoms with Gasteiger partial charge in [-0.15, -0.1) is 10.2 Å². The third-order valence-electron chi connectivity index (χ3n) is 5.53. The Morgan fingerprint density at radius 3 is 2.77 bits per heavy atom. The first kappa shape index (κ1) is 18.3. The molecule has 150 valence electrons. The van der Waals surface area contributed by atoms with Gasteiger partial charge in [-0.1, -0.05) is 42.5 Å². The average Bonchev–Trinajstić information content (AvgIpc) is 3.45. The van der Waals surface area contributed by atoms with E-state index < -0.39 is 0 Å². The van der Waals surface area contributed by atoms with Crippen molar-refractivity contribution in [3.8, 4) is 11.1 Å². The van der Waals surface area contributed by atoms with Gasteiger partial charge in [-0.25, -0.2) is 0 Å². The predicted octanol–water partition coefficient (Wildman–Crippen LogP) is 3.48. The molecule has 3 heterocycles. The zero-order chi connectivity index (χ0) is 20.5. The summed E-state index contributed by atoms with van der Waals surface area (Å²) in [6, 6.07) is 18.0. The molecule has 5 rings (SSSR count). The Labute approximate surface area is 174 Å². The molecular formula is C23H22N6O. The summed E-state index contributed by atoms with van der Waals surface area (Å²) in [4.78, 5) is 15.1. The van der Waals surface area contributed by atoms with Crippen molar-refractivity contribution in [3.63, 3.8) is 0 Å². The van der Waals surface area contributed by atoms with Gasteiger partial charge in [0.05, 0.1) is 18.8 Å². The number of amides is 1. The lowest BCUT2D eigenvalue weighted by molar-refractivity contribution is 0.0680. The highest BCUT2D eigenvalue weighted by Gasteiger charge is 2.29. The van der Waals surface area contributed by atoms with Gasteiger partial charge in [0.25, 0.3) is 5.91 Å². The SMILES string of the molecule is C[C@H]1CN(C(=O)c2cccc(-c3cn[nH]c3)c2)Cc2nnc(Cc3ccccc3)n21. The van der Waals surface area contributed by atoms with Crippen molar-refractivity contribution in [2.24, 2.45) is 0 Å². The van der Waals surface area contributed by atoms with Crippen molar-refractivity contribution in [2.45, 2.75) is 25.9 Å². The molecule has 7 heteroatoms. The van der Waals surface area contributed by atoms with Crippen LogP contribution in [-0.4, -0.2) is 42.3 Å². The second kappa shape index (κ2) is 7.59. The fourth-order valence-corrected chi connectivity index (χ4v) is 4.09. The maximum atomic E-state index is 13.2. The topological polar surface area (TPSA) is 79.7 Å². The Morgan fingerprint density at radius 2 is 1.97 bits per heavy atom. The van der Waals surface area contributed by atoms with Crippen molar-refractivity contribution in [1.29, 1.82) is 0 Å². The first-order valence-electron chi connectivity index (χ1n) is 10.0. The molecule has 4 aromatic rings. The smallest absolute Gasteiger partial charge is 0.254 e. The minimum atomic E-state index is 0.00561. The number of nitrogens with one attached hydrogen (secondary N) is 1. The molecule has 0 unspecified atom stereocenters. The van der Waals surface area contributed by atoms with Crippen LogP contribution in [0.1, 0.15) is 40.5 Å². The standard InChI is InChI=1S/C23H22N6O/c1-16-14-28(23(30)19-9-5-8-18(11-19)20-12-24-25-13-20)15-22-27-26-21(29(16)22)10-17-6-3-2-4-7-17/h2-9,11-13,16H,10,14-15H2,1H3,(H,24,25)/t16-/m0/s1. The van der Waals surface area contributed by atoms with Crippen LogP contribution in [0.15, 0.2) is 67.0 Å². The van der Waals surface area contributed by atoms with Crippen molar-refractivity contribution < 1.29 is 4.79 Å². The van der Waals surface area contributed by atoms with Gasteiger partial charge in [-0.3, -0.25) is 9.89 Å². The van der Waals surface area contributed by atoms with Crippen LogP contribution in [0.2, 0.25) is 0 Å². The van der Waals surface area contributed by atoms with Gasteiger partial charge in [0.2, 0.25) is 0 Å². The summed E-state index contributed by atoms with van der Waals surface area (Å²) in [7, 11) is 0. The monoisotopic (exact) mass is 398 g/mol. The second-order valence-electron chi connectivity index (χ2n) is 7.67. The number of aromatic nitrogens is 5. The maximum Gasteiger partial charge on any atom is 0.254 e. The molecule has 0 bridgehead atoms. The Morgan fingerprint density at radius 1 is 1.10 bits per heavy atom. The zero-order valence-corrected chi connectivity index (χ0v) is 16.7. The van der Waals surface area contributed by atoms with Crippen LogP contribution in [0.5, 0.6) is 0 Å². The largest absolute Gasteiger partial charge is 0.329 e. The number of carbonyl (C=O) groups excluding carboxylic acids is 1. The van der Waals surface area contributed by atoms with Crippen molar-refractivity contribution >= 4 is 5.91 Å². The molecule has 0 fully saturated rings. The summed E-state index contributed by atoms with van der Waals surface area (Å²) < 4.78 is 2.18. The second-order valence-corrected chi connectivity index (χ2v) is 7.67. The van der Waals surface area contributed by atoms with Crippen LogP contribution in [0.25, 0.3) is 11.1 Å². The summed E-state index contributed by atoms with van der Waals surface area (Å²) >= 11 is 0. The molecule has 1 aliphatic heterocycles. The normalized spacial score (nSPS) is 15.8. The minimum absolute atomic E-state index is 0.00561. The molecule has 0 saturated heterocycles. The maximum absolute atomic E-state index is 13.2. The quantitative estimate of drug-likeness (QED) is 0.571. The average molecular weight is 398 g/mol. The van der Waals surface area contributed by atoms with Gasteiger partial charge in [0.1, 0.15) is 5.82 Å². The van der Waals surface area contributed by atoms with E-state index in [1.54, 1.807) is 6.20 Å². The van der Waals surface area contributed by atoms with E-state index in [-0.39, 0.29) is 11.9 Å². The van der Waals surface area contributed by atoms with Crippen molar-refractivity contribution in [3.05, 3.63) is 89.8 Å². The van der Waals surface area contributed by atoms with E-state index in [2.05, 4.69) is 44.0 Å². The van der Waals surface area contributed by atoms with Gasteiger partial charge < -0.3 is 9.47 Å². The molecule has 30 heavy (non-hydrogen) atoms. The van der Waals surface area contributed by atoms with E-state index in [0.717, 1.165) is 29.2 Å². The molecule has 2 aromatic heterocycles. The first-order valence-corrected chi connectivity index (χ1v) is 10.0. The van der Waals surface area contributed by atoms with E-state index in [4.69, 9.17) is 0 Å². The van der Waals surface area contributed by atoms with Crippen LogP contribution in [0, 0.1) is 0 Å². The highest BCUT2D eigenvalue weighted by Crippen LogP contribution is 2.25. The summed E-state index contributed by atoms with van der Waals surface area (Å²) in [6.45, 7) is 3.20. The lowest BCUT2D eigenvalue weighted by Gasteiger charge is -2.32. The molecule has 0 saturated carbocycles. The van der Waals surface area contributed by atoms with Crippen LogP contribution < -0.4 is 0 Å². The van der Waals surface area contributed by atoms with Gasteiger partial charge in [-0.05, 0) is 30.2 Å². The van der Waals surface area contributed by atoms with Gasteiger partial charge in [0, 0.05) is 30.3 Å². The Kier molecular flexibility index (Phi) is 4.63. The Bertz CT molecular complexity index is 1170. The van der Waals surface area contributed by atoms with Crippen molar-refractivity contribution in [1.82, 2.24) is 29.9 Å². The lowest BCUT2D eigenvalue weighted by atomic mass is 10.0. The van der Waals surface area contributed by atoms with Crippen LogP contribution in [0.4, 0.5) is 0 Å². The van der Waals surface area contributed by atoms with E-state index in [0.29, 0.717) is 18.7 Å². The van der Waals surface area contributed by atoms with E-state index in [1.807, 2.05) is 53.6 Å². The predicted molar refractivity (Wildman–Crippen MR) is 113 cm³/mol. The summed E-state index contributed by atoms with van der Waals surface area (Å²) in [6.07, 6.45) is 4.31. The Hall–Kier alpha value is -3.74. The molecule has 2 aromatic carbocycles. The fourth-order valence-electron chi connectivity index (χ4n) is 4.09. The van der Waals surface area contributed by atoms with Crippen molar-refractivity contribution in [2.75, 3.05) is 6.54 Å². The number of aromatic amines is 1. The van der Waals surface area contributed by atoms with Gasteiger partial charge >= 0.3 is 0 Å². The van der Waals surface area contributed by atoms with Gasteiger partial charge in [0.15, 0.2) is 5.82 Å². The fraction of sp³-hybridized carbons (Fsp3) is 0.217.